The Labute approximate surface area is 122 Å². The molecule has 0 radical (unpaired) electrons. The van der Waals surface area contributed by atoms with E-state index in [-0.39, 0.29) is 24.3 Å². The van der Waals surface area contributed by atoms with Gasteiger partial charge < -0.3 is 10.4 Å². The molecule has 1 aromatic carbocycles. The second-order valence-electron chi connectivity index (χ2n) is 5.65. The molecule has 3 nitrogen and oxygen atoms in total. The minimum Gasteiger partial charge on any atom is -0.394 e. The first-order chi connectivity index (χ1) is 8.84. The summed E-state index contributed by atoms with van der Waals surface area (Å²) in [6.07, 6.45) is 0.811. The third-order valence-electron chi connectivity index (χ3n) is 3.36. The lowest BCUT2D eigenvalue weighted by atomic mass is 10.1. The standard InChI is InChI=1S/C14H17Cl2NO2/c1-14(2,7-18)17-13(19)10-6-9(10)8-3-4-11(15)12(16)5-8/h3-5,9-10,18H,6-7H2,1-2H3,(H,17,19). The van der Waals surface area contributed by atoms with Crippen molar-refractivity contribution in [2.75, 3.05) is 6.61 Å². The fourth-order valence-electron chi connectivity index (χ4n) is 2.06. The molecule has 1 fully saturated rings. The third-order valence-corrected chi connectivity index (χ3v) is 4.09. The number of aliphatic hydroxyl groups excluding tert-OH is 1. The smallest absolute Gasteiger partial charge is 0.224 e. The van der Waals surface area contributed by atoms with E-state index in [9.17, 15) is 4.79 Å². The van der Waals surface area contributed by atoms with Crippen LogP contribution in [0.5, 0.6) is 0 Å². The van der Waals surface area contributed by atoms with Crippen molar-refractivity contribution in [2.45, 2.75) is 31.7 Å². The van der Waals surface area contributed by atoms with Crippen LogP contribution in [0.3, 0.4) is 0 Å². The van der Waals surface area contributed by atoms with Crippen LogP contribution in [0.2, 0.25) is 10.0 Å². The fourth-order valence-corrected chi connectivity index (χ4v) is 2.37. The molecule has 1 aliphatic carbocycles. The van der Waals surface area contributed by atoms with Crippen LogP contribution in [0.4, 0.5) is 0 Å². The van der Waals surface area contributed by atoms with Gasteiger partial charge >= 0.3 is 0 Å². The third kappa shape index (κ3) is 3.41. The molecule has 0 aliphatic heterocycles. The van der Waals surface area contributed by atoms with Gasteiger partial charge in [-0.1, -0.05) is 29.3 Å². The van der Waals surface area contributed by atoms with Gasteiger partial charge in [0.05, 0.1) is 22.2 Å². The van der Waals surface area contributed by atoms with E-state index < -0.39 is 5.54 Å². The van der Waals surface area contributed by atoms with E-state index in [2.05, 4.69) is 5.32 Å². The summed E-state index contributed by atoms with van der Waals surface area (Å²) < 4.78 is 0. The summed E-state index contributed by atoms with van der Waals surface area (Å²) in [6, 6.07) is 5.48. The molecule has 1 saturated carbocycles. The average molecular weight is 302 g/mol. The van der Waals surface area contributed by atoms with Gasteiger partial charge in [-0.2, -0.15) is 0 Å². The molecule has 104 valence electrons. The Morgan fingerprint density at radius 3 is 2.68 bits per heavy atom. The van der Waals surface area contributed by atoms with Gasteiger partial charge in [-0.3, -0.25) is 4.79 Å². The van der Waals surface area contributed by atoms with Crippen LogP contribution >= 0.6 is 23.2 Å². The summed E-state index contributed by atoms with van der Waals surface area (Å²) in [5.74, 6) is 0.141. The summed E-state index contributed by atoms with van der Waals surface area (Å²) in [4.78, 5) is 12.0. The molecular formula is C14H17Cl2NO2. The molecular weight excluding hydrogens is 285 g/mol. The highest BCUT2D eigenvalue weighted by atomic mass is 35.5. The molecule has 2 atom stereocenters. The van der Waals surface area contributed by atoms with Crippen molar-refractivity contribution in [1.82, 2.24) is 5.32 Å². The van der Waals surface area contributed by atoms with Crippen molar-refractivity contribution in [3.8, 4) is 0 Å². The van der Waals surface area contributed by atoms with E-state index in [1.165, 1.54) is 0 Å². The predicted octanol–water partition coefficient (Wildman–Crippen LogP) is 2.98. The highest BCUT2D eigenvalue weighted by molar-refractivity contribution is 6.42. The largest absolute Gasteiger partial charge is 0.394 e. The normalized spacial score (nSPS) is 22.2. The number of hydrogen-bond donors (Lipinski definition) is 2. The SMILES string of the molecule is CC(C)(CO)NC(=O)C1CC1c1ccc(Cl)c(Cl)c1. The Morgan fingerprint density at radius 2 is 2.11 bits per heavy atom. The maximum absolute atomic E-state index is 12.0. The number of rotatable bonds is 4. The van der Waals surface area contributed by atoms with Crippen molar-refractivity contribution < 1.29 is 9.90 Å². The van der Waals surface area contributed by atoms with Gasteiger partial charge in [-0.25, -0.2) is 0 Å². The summed E-state index contributed by atoms with van der Waals surface area (Å²) >= 11 is 11.8. The van der Waals surface area contributed by atoms with Crippen molar-refractivity contribution >= 4 is 29.1 Å². The lowest BCUT2D eigenvalue weighted by Crippen LogP contribution is -2.47. The first-order valence-corrected chi connectivity index (χ1v) is 6.97. The molecule has 0 spiro atoms. The summed E-state index contributed by atoms with van der Waals surface area (Å²) in [7, 11) is 0. The van der Waals surface area contributed by atoms with Crippen molar-refractivity contribution in [3.63, 3.8) is 0 Å². The van der Waals surface area contributed by atoms with Crippen molar-refractivity contribution in [2.24, 2.45) is 5.92 Å². The van der Waals surface area contributed by atoms with E-state index in [4.69, 9.17) is 28.3 Å². The van der Waals surface area contributed by atoms with Gasteiger partial charge in [0.25, 0.3) is 0 Å². The topological polar surface area (TPSA) is 49.3 Å². The minimum absolute atomic E-state index is 0.0184. The number of nitrogens with one attached hydrogen (secondary N) is 1. The van der Waals surface area contributed by atoms with Crippen LogP contribution in [-0.4, -0.2) is 23.2 Å². The number of benzene rings is 1. The quantitative estimate of drug-likeness (QED) is 0.898. The zero-order valence-electron chi connectivity index (χ0n) is 10.9. The number of aliphatic hydroxyl groups is 1. The van der Waals surface area contributed by atoms with Crippen LogP contribution in [0.1, 0.15) is 31.7 Å². The monoisotopic (exact) mass is 301 g/mol. The Kier molecular flexibility index (Phi) is 4.09. The van der Waals surface area contributed by atoms with Gasteiger partial charge in [-0.15, -0.1) is 0 Å². The summed E-state index contributed by atoms with van der Waals surface area (Å²) in [6.45, 7) is 3.51. The molecule has 1 amide bonds. The summed E-state index contributed by atoms with van der Waals surface area (Å²) in [5.41, 5.74) is 0.457. The van der Waals surface area contributed by atoms with Crippen LogP contribution in [0.25, 0.3) is 0 Å². The molecule has 2 unspecified atom stereocenters. The maximum Gasteiger partial charge on any atom is 0.224 e. The Bertz CT molecular complexity index is 502. The Balaban J connectivity index is 2.00. The van der Waals surface area contributed by atoms with Crippen LogP contribution in [-0.2, 0) is 4.79 Å². The van der Waals surface area contributed by atoms with Gasteiger partial charge in [-0.05, 0) is 43.9 Å². The van der Waals surface area contributed by atoms with E-state index in [0.717, 1.165) is 12.0 Å². The number of carbonyl (C=O) groups is 1. The fraction of sp³-hybridized carbons (Fsp3) is 0.500. The molecule has 0 aromatic heterocycles. The van der Waals surface area contributed by atoms with Gasteiger partial charge in [0.2, 0.25) is 5.91 Å². The molecule has 0 saturated heterocycles. The van der Waals surface area contributed by atoms with Crippen molar-refractivity contribution in [3.05, 3.63) is 33.8 Å². The molecule has 1 aromatic rings. The second kappa shape index (κ2) is 5.31. The number of amides is 1. The zero-order chi connectivity index (χ0) is 14.2. The molecule has 2 rings (SSSR count). The van der Waals surface area contributed by atoms with Crippen LogP contribution < -0.4 is 5.32 Å². The van der Waals surface area contributed by atoms with E-state index in [1.54, 1.807) is 19.9 Å². The highest BCUT2D eigenvalue weighted by Gasteiger charge is 2.45. The van der Waals surface area contributed by atoms with E-state index in [0.29, 0.717) is 10.0 Å². The van der Waals surface area contributed by atoms with Gasteiger partial charge in [0.1, 0.15) is 0 Å². The number of hydrogen-bond acceptors (Lipinski definition) is 2. The predicted molar refractivity (Wildman–Crippen MR) is 76.6 cm³/mol. The van der Waals surface area contributed by atoms with Crippen LogP contribution in [0, 0.1) is 5.92 Å². The second-order valence-corrected chi connectivity index (χ2v) is 6.47. The Morgan fingerprint density at radius 1 is 1.42 bits per heavy atom. The molecule has 5 heteroatoms. The molecule has 19 heavy (non-hydrogen) atoms. The number of halogens is 2. The Hall–Kier alpha value is -0.770. The maximum atomic E-state index is 12.0. The van der Waals surface area contributed by atoms with Crippen LogP contribution in [0.15, 0.2) is 18.2 Å². The van der Waals surface area contributed by atoms with Crippen molar-refractivity contribution in [1.29, 1.82) is 0 Å². The number of carbonyl (C=O) groups excluding carboxylic acids is 1. The van der Waals surface area contributed by atoms with Gasteiger partial charge in [0, 0.05) is 5.92 Å². The average Bonchev–Trinajstić information content (AvgIpc) is 3.12. The lowest BCUT2D eigenvalue weighted by Gasteiger charge is -2.23. The summed E-state index contributed by atoms with van der Waals surface area (Å²) in [5, 5.41) is 13.0. The minimum atomic E-state index is -0.581. The van der Waals surface area contributed by atoms with E-state index >= 15 is 0 Å². The highest BCUT2D eigenvalue weighted by Crippen LogP contribution is 2.48. The molecule has 1 aliphatic rings. The van der Waals surface area contributed by atoms with E-state index in [1.807, 2.05) is 12.1 Å². The zero-order valence-corrected chi connectivity index (χ0v) is 12.4. The van der Waals surface area contributed by atoms with Gasteiger partial charge in [0.15, 0.2) is 0 Å². The first-order valence-electron chi connectivity index (χ1n) is 6.22. The molecule has 2 N–H and O–H groups in total. The lowest BCUT2D eigenvalue weighted by molar-refractivity contribution is -0.124. The first kappa shape index (κ1) is 14.6. The molecule has 0 bridgehead atoms. The molecule has 0 heterocycles.